The Labute approximate surface area is 206 Å². The fourth-order valence-corrected chi connectivity index (χ4v) is 3.40. The summed E-state index contributed by atoms with van der Waals surface area (Å²) in [6.07, 6.45) is 1.50. The third-order valence-electron chi connectivity index (χ3n) is 4.48. The summed E-state index contributed by atoms with van der Waals surface area (Å²) in [5.74, 6) is 0.886. The van der Waals surface area contributed by atoms with Crippen molar-refractivity contribution >= 4 is 39.6 Å². The Bertz CT molecular complexity index is 1170. The highest BCUT2D eigenvalue weighted by Gasteiger charge is 2.11. The van der Waals surface area contributed by atoms with Gasteiger partial charge in [-0.15, -0.1) is 0 Å². The van der Waals surface area contributed by atoms with Crippen molar-refractivity contribution in [1.82, 2.24) is 5.43 Å². The van der Waals surface area contributed by atoms with Crippen molar-refractivity contribution < 1.29 is 23.8 Å². The van der Waals surface area contributed by atoms with Crippen LogP contribution in [0.5, 0.6) is 17.2 Å². The number of ether oxygens (including phenoxy) is 3. The molecule has 2 N–H and O–H groups in total. The number of hydrogen-bond acceptors (Lipinski definition) is 6. The van der Waals surface area contributed by atoms with Crippen LogP contribution in [0.1, 0.15) is 22.8 Å². The van der Waals surface area contributed by atoms with E-state index in [1.807, 2.05) is 25.1 Å². The first-order chi connectivity index (χ1) is 16.5. The first-order valence-corrected chi connectivity index (χ1v) is 11.2. The number of rotatable bonds is 10. The molecule has 0 aliphatic rings. The van der Waals surface area contributed by atoms with Crippen molar-refractivity contribution in [2.24, 2.45) is 5.10 Å². The second kappa shape index (κ2) is 12.4. The topological polar surface area (TPSA) is 98.3 Å². The fourth-order valence-electron chi connectivity index (χ4n) is 2.89. The largest absolute Gasteiger partial charge is 0.493 e. The first-order valence-electron chi connectivity index (χ1n) is 10.4. The maximum Gasteiger partial charge on any atom is 0.271 e. The number of hydrogen-bond donors (Lipinski definition) is 2. The number of carbonyl (C=O) groups excluding carboxylic acids is 2. The van der Waals surface area contributed by atoms with Crippen LogP contribution in [0.15, 0.2) is 76.3 Å². The smallest absolute Gasteiger partial charge is 0.271 e. The number of amides is 2. The molecule has 176 valence electrons. The van der Waals surface area contributed by atoms with Crippen LogP contribution in [0, 0.1) is 0 Å². The molecule has 0 aliphatic carbocycles. The van der Waals surface area contributed by atoms with Crippen LogP contribution in [0.4, 0.5) is 5.69 Å². The molecular weight excluding hydrogens is 502 g/mol. The zero-order chi connectivity index (χ0) is 24.3. The molecule has 0 aromatic heterocycles. The molecule has 8 nitrogen and oxygen atoms in total. The van der Waals surface area contributed by atoms with Crippen LogP contribution >= 0.6 is 15.9 Å². The zero-order valence-electron chi connectivity index (χ0n) is 18.7. The Balaban J connectivity index is 1.54. The molecule has 9 heteroatoms. The summed E-state index contributed by atoms with van der Waals surface area (Å²) >= 11 is 3.43. The lowest BCUT2D eigenvalue weighted by atomic mass is 10.2. The van der Waals surface area contributed by atoms with E-state index < -0.39 is 0 Å². The van der Waals surface area contributed by atoms with Crippen LogP contribution in [0.3, 0.4) is 0 Å². The van der Waals surface area contributed by atoms with Gasteiger partial charge in [0.15, 0.2) is 18.1 Å². The highest BCUT2D eigenvalue weighted by Crippen LogP contribution is 2.28. The van der Waals surface area contributed by atoms with Gasteiger partial charge in [-0.3, -0.25) is 9.59 Å². The molecule has 0 saturated heterocycles. The number of halogens is 1. The molecule has 0 saturated carbocycles. The van der Waals surface area contributed by atoms with Gasteiger partial charge in [0.1, 0.15) is 5.75 Å². The summed E-state index contributed by atoms with van der Waals surface area (Å²) in [4.78, 5) is 24.5. The number of hydrazone groups is 1. The van der Waals surface area contributed by atoms with Crippen LogP contribution in [-0.2, 0) is 4.79 Å². The number of nitrogens with one attached hydrogen (secondary N) is 2. The minimum atomic E-state index is -0.386. The van der Waals surface area contributed by atoms with Gasteiger partial charge in [-0.05, 0) is 76.9 Å². The quantitative estimate of drug-likeness (QED) is 0.297. The summed E-state index contributed by atoms with van der Waals surface area (Å²) < 4.78 is 16.9. The Kier molecular flexibility index (Phi) is 9.04. The predicted octanol–water partition coefficient (Wildman–Crippen LogP) is 4.64. The van der Waals surface area contributed by atoms with E-state index in [0.29, 0.717) is 39.6 Å². The summed E-state index contributed by atoms with van der Waals surface area (Å²) in [5, 5.41) is 6.76. The van der Waals surface area contributed by atoms with Gasteiger partial charge in [-0.25, -0.2) is 5.43 Å². The first kappa shape index (κ1) is 24.8. The molecule has 0 fully saturated rings. The van der Waals surface area contributed by atoms with Gasteiger partial charge in [0.05, 0.1) is 24.4 Å². The summed E-state index contributed by atoms with van der Waals surface area (Å²) in [6, 6.07) is 19.3. The van der Waals surface area contributed by atoms with E-state index in [4.69, 9.17) is 14.2 Å². The molecule has 0 aliphatic heterocycles. The number of nitrogens with zero attached hydrogens (tertiary/aromatic N) is 1. The Morgan fingerprint density at radius 1 is 0.971 bits per heavy atom. The van der Waals surface area contributed by atoms with E-state index in [1.54, 1.807) is 48.5 Å². The molecule has 3 aromatic carbocycles. The molecule has 0 bridgehead atoms. The number of benzene rings is 3. The van der Waals surface area contributed by atoms with E-state index >= 15 is 0 Å². The van der Waals surface area contributed by atoms with E-state index in [9.17, 15) is 9.59 Å². The molecular formula is C25H24BrN3O5. The van der Waals surface area contributed by atoms with E-state index in [-0.39, 0.29) is 18.4 Å². The van der Waals surface area contributed by atoms with Crippen LogP contribution in [0.2, 0.25) is 0 Å². The highest BCUT2D eigenvalue weighted by molar-refractivity contribution is 9.10. The molecule has 34 heavy (non-hydrogen) atoms. The Hall–Kier alpha value is -3.85. The van der Waals surface area contributed by atoms with Gasteiger partial charge in [0.25, 0.3) is 11.8 Å². The predicted molar refractivity (Wildman–Crippen MR) is 134 cm³/mol. The van der Waals surface area contributed by atoms with Gasteiger partial charge in [-0.1, -0.05) is 18.2 Å². The van der Waals surface area contributed by atoms with Crippen LogP contribution in [0.25, 0.3) is 0 Å². The lowest BCUT2D eigenvalue weighted by molar-refractivity contribution is -0.118. The van der Waals surface area contributed by atoms with Crippen molar-refractivity contribution in [3.8, 4) is 17.2 Å². The van der Waals surface area contributed by atoms with Gasteiger partial charge >= 0.3 is 0 Å². The van der Waals surface area contributed by atoms with E-state index in [0.717, 1.165) is 5.56 Å². The van der Waals surface area contributed by atoms with Crippen molar-refractivity contribution in [3.05, 3.63) is 82.3 Å². The van der Waals surface area contributed by atoms with Crippen LogP contribution in [-0.4, -0.2) is 38.4 Å². The highest BCUT2D eigenvalue weighted by atomic mass is 79.9. The number of carbonyl (C=O) groups is 2. The van der Waals surface area contributed by atoms with Crippen molar-refractivity contribution in [2.45, 2.75) is 6.92 Å². The van der Waals surface area contributed by atoms with Crippen molar-refractivity contribution in [1.29, 1.82) is 0 Å². The standard InChI is InChI=1S/C25H24BrN3O5/c1-3-33-23-14-18(10-12-22(23)32-2)25(31)29-27-15-17-9-11-21(20(26)13-17)34-16-24(30)28-19-7-5-4-6-8-19/h4-15H,3,16H2,1-2H3,(H,28,30)(H,29,31)/b27-15+. The number of para-hydroxylation sites is 1. The molecule has 0 atom stereocenters. The minimum absolute atomic E-state index is 0.136. The molecule has 0 radical (unpaired) electrons. The molecule has 2 amide bonds. The average molecular weight is 526 g/mol. The molecule has 0 spiro atoms. The number of anilines is 1. The monoisotopic (exact) mass is 525 g/mol. The van der Waals surface area contributed by atoms with Gasteiger partial charge in [0.2, 0.25) is 0 Å². The second-order valence-electron chi connectivity index (χ2n) is 6.89. The van der Waals surface area contributed by atoms with Crippen molar-refractivity contribution in [2.75, 3.05) is 25.6 Å². The van der Waals surface area contributed by atoms with Crippen molar-refractivity contribution in [3.63, 3.8) is 0 Å². The van der Waals surface area contributed by atoms with E-state index in [1.165, 1.54) is 13.3 Å². The van der Waals surface area contributed by atoms with E-state index in [2.05, 4.69) is 31.8 Å². The van der Waals surface area contributed by atoms with Crippen LogP contribution < -0.4 is 25.0 Å². The lowest BCUT2D eigenvalue weighted by Gasteiger charge is -2.10. The third kappa shape index (κ3) is 7.08. The SMILES string of the molecule is CCOc1cc(C(=O)N/N=C/c2ccc(OCC(=O)Nc3ccccc3)c(Br)c2)ccc1OC. The normalized spacial score (nSPS) is 10.6. The Morgan fingerprint density at radius 2 is 1.74 bits per heavy atom. The third-order valence-corrected chi connectivity index (χ3v) is 5.10. The average Bonchev–Trinajstić information content (AvgIpc) is 2.84. The zero-order valence-corrected chi connectivity index (χ0v) is 20.3. The summed E-state index contributed by atoms with van der Waals surface area (Å²) in [6.45, 7) is 2.17. The van der Waals surface area contributed by atoms with Gasteiger partial charge < -0.3 is 19.5 Å². The second-order valence-corrected chi connectivity index (χ2v) is 7.74. The molecule has 0 heterocycles. The maximum atomic E-state index is 12.4. The fraction of sp³-hybridized carbons (Fsp3) is 0.160. The molecule has 3 aromatic rings. The lowest BCUT2D eigenvalue weighted by Crippen LogP contribution is -2.20. The summed E-state index contributed by atoms with van der Waals surface area (Å²) in [5.41, 5.74) is 4.30. The Morgan fingerprint density at radius 3 is 2.44 bits per heavy atom. The molecule has 3 rings (SSSR count). The van der Waals surface area contributed by atoms with Gasteiger partial charge in [-0.2, -0.15) is 5.10 Å². The maximum absolute atomic E-state index is 12.4. The van der Waals surface area contributed by atoms with Gasteiger partial charge in [0, 0.05) is 11.3 Å². The number of methoxy groups -OCH3 is 1. The summed E-state index contributed by atoms with van der Waals surface area (Å²) in [7, 11) is 1.54. The molecule has 0 unspecified atom stereocenters. The minimum Gasteiger partial charge on any atom is -0.493 e.